The molecule has 0 unspecified atom stereocenters. The molecule has 0 spiro atoms. The molecular weight excluding hydrogens is 432 g/mol. The van der Waals surface area contributed by atoms with E-state index in [9.17, 15) is 14.7 Å². The quantitative estimate of drug-likeness (QED) is 0.374. The standard InChI is InChI=1S/C27H24N2O5/c1-33-17-10-11-18-16(14-28-24(18)13-17)12-25(26(30)31)29-27(32)34-15-23-21-8-4-2-6-19(21)20-7-3-5-9-22(20)23/h2-11,13-14,23,25,28H,12,15H2,1H3,(H,29,32)(H,30,31)/t25-/m0/s1. The van der Waals surface area contributed by atoms with Gasteiger partial charge in [0.1, 0.15) is 18.4 Å². The van der Waals surface area contributed by atoms with Crippen LogP contribution in [0.4, 0.5) is 4.79 Å². The molecule has 7 nitrogen and oxygen atoms in total. The van der Waals surface area contributed by atoms with Crippen LogP contribution in [0.25, 0.3) is 22.0 Å². The number of amides is 1. The van der Waals surface area contributed by atoms with Gasteiger partial charge in [0, 0.05) is 35.5 Å². The minimum Gasteiger partial charge on any atom is -0.497 e. The van der Waals surface area contributed by atoms with Gasteiger partial charge in [-0.15, -0.1) is 0 Å². The van der Waals surface area contributed by atoms with Crippen LogP contribution in [0.2, 0.25) is 0 Å². The van der Waals surface area contributed by atoms with Crippen molar-refractivity contribution in [3.05, 3.63) is 89.6 Å². The minimum absolute atomic E-state index is 0.0926. The molecule has 7 heteroatoms. The van der Waals surface area contributed by atoms with E-state index < -0.39 is 18.1 Å². The van der Waals surface area contributed by atoms with Crippen LogP contribution in [0.3, 0.4) is 0 Å². The van der Waals surface area contributed by atoms with Crippen molar-refractivity contribution in [2.75, 3.05) is 13.7 Å². The van der Waals surface area contributed by atoms with Gasteiger partial charge in [-0.25, -0.2) is 9.59 Å². The van der Waals surface area contributed by atoms with Crippen LogP contribution >= 0.6 is 0 Å². The smallest absolute Gasteiger partial charge is 0.407 e. The number of benzene rings is 3. The van der Waals surface area contributed by atoms with Crippen molar-refractivity contribution in [3.63, 3.8) is 0 Å². The molecule has 0 saturated carbocycles. The summed E-state index contributed by atoms with van der Waals surface area (Å²) < 4.78 is 10.7. The maximum atomic E-state index is 12.6. The Hall–Kier alpha value is -4.26. The average molecular weight is 456 g/mol. The van der Waals surface area contributed by atoms with E-state index in [1.807, 2.05) is 54.6 Å². The number of rotatable bonds is 7. The molecule has 0 fully saturated rings. The van der Waals surface area contributed by atoms with Gasteiger partial charge in [-0.3, -0.25) is 0 Å². The Bertz CT molecular complexity index is 1330. The number of ether oxygens (including phenoxy) is 2. The third-order valence-electron chi connectivity index (χ3n) is 6.33. The first-order chi connectivity index (χ1) is 16.5. The topological polar surface area (TPSA) is 101 Å². The van der Waals surface area contributed by atoms with Crippen molar-refractivity contribution in [3.8, 4) is 16.9 Å². The lowest BCUT2D eigenvalue weighted by Crippen LogP contribution is -2.42. The molecule has 1 amide bonds. The number of aliphatic carboxylic acids is 1. The number of hydrogen-bond donors (Lipinski definition) is 3. The first kappa shape index (κ1) is 21.6. The largest absolute Gasteiger partial charge is 0.497 e. The summed E-state index contributed by atoms with van der Waals surface area (Å²) in [4.78, 5) is 27.6. The molecule has 172 valence electrons. The van der Waals surface area contributed by atoms with Crippen LogP contribution in [0.15, 0.2) is 72.9 Å². The average Bonchev–Trinajstić information content (AvgIpc) is 3.40. The zero-order valence-corrected chi connectivity index (χ0v) is 18.6. The number of fused-ring (bicyclic) bond motifs is 4. The highest BCUT2D eigenvalue weighted by molar-refractivity contribution is 5.86. The molecule has 0 saturated heterocycles. The third kappa shape index (κ3) is 3.96. The molecule has 3 N–H and O–H groups in total. The second-order valence-electron chi connectivity index (χ2n) is 8.29. The van der Waals surface area contributed by atoms with Crippen LogP contribution in [0.5, 0.6) is 5.75 Å². The summed E-state index contributed by atoms with van der Waals surface area (Å²) in [5, 5.41) is 13.1. The lowest BCUT2D eigenvalue weighted by Gasteiger charge is -2.17. The number of aromatic amines is 1. The summed E-state index contributed by atoms with van der Waals surface area (Å²) in [6.07, 6.45) is 1.11. The van der Waals surface area contributed by atoms with E-state index in [1.54, 1.807) is 13.3 Å². The number of alkyl carbamates (subject to hydrolysis) is 1. The first-order valence-electron chi connectivity index (χ1n) is 11.0. The summed E-state index contributed by atoms with van der Waals surface area (Å²) in [5.74, 6) is -0.520. The minimum atomic E-state index is -1.13. The molecule has 0 aliphatic heterocycles. The van der Waals surface area contributed by atoms with Crippen molar-refractivity contribution < 1.29 is 24.2 Å². The van der Waals surface area contributed by atoms with Gasteiger partial charge < -0.3 is 24.9 Å². The Morgan fingerprint density at radius 2 is 1.71 bits per heavy atom. The molecule has 1 aromatic heterocycles. The number of nitrogens with one attached hydrogen (secondary N) is 2. The Labute approximate surface area is 196 Å². The highest BCUT2D eigenvalue weighted by atomic mass is 16.5. The summed E-state index contributed by atoms with van der Waals surface area (Å²) in [5.41, 5.74) is 6.07. The van der Waals surface area contributed by atoms with Gasteiger partial charge >= 0.3 is 12.1 Å². The second-order valence-corrected chi connectivity index (χ2v) is 8.29. The Morgan fingerprint density at radius 1 is 1.03 bits per heavy atom. The lowest BCUT2D eigenvalue weighted by atomic mass is 9.98. The van der Waals surface area contributed by atoms with E-state index in [-0.39, 0.29) is 18.9 Å². The Balaban J connectivity index is 1.28. The summed E-state index contributed by atoms with van der Waals surface area (Å²) in [6.45, 7) is 0.124. The molecule has 34 heavy (non-hydrogen) atoms. The Morgan fingerprint density at radius 3 is 2.35 bits per heavy atom. The molecule has 1 heterocycles. The van der Waals surface area contributed by atoms with Gasteiger partial charge in [0.05, 0.1) is 7.11 Å². The fraction of sp³-hybridized carbons (Fsp3) is 0.185. The number of methoxy groups -OCH3 is 1. The maximum Gasteiger partial charge on any atom is 0.407 e. The van der Waals surface area contributed by atoms with Gasteiger partial charge in [0.15, 0.2) is 0 Å². The van der Waals surface area contributed by atoms with E-state index in [4.69, 9.17) is 9.47 Å². The number of H-pyrrole nitrogens is 1. The lowest BCUT2D eigenvalue weighted by molar-refractivity contribution is -0.139. The van der Waals surface area contributed by atoms with E-state index >= 15 is 0 Å². The fourth-order valence-corrected chi connectivity index (χ4v) is 4.66. The normalized spacial score (nSPS) is 13.2. The first-order valence-corrected chi connectivity index (χ1v) is 11.0. The number of carbonyl (C=O) groups excluding carboxylic acids is 1. The van der Waals surface area contributed by atoms with Crippen molar-refractivity contribution in [2.45, 2.75) is 18.4 Å². The van der Waals surface area contributed by atoms with Gasteiger partial charge in [0.2, 0.25) is 0 Å². The van der Waals surface area contributed by atoms with Gasteiger partial charge in [-0.1, -0.05) is 48.5 Å². The van der Waals surface area contributed by atoms with Gasteiger partial charge in [-0.05, 0) is 39.9 Å². The van der Waals surface area contributed by atoms with Crippen LogP contribution in [-0.2, 0) is 16.0 Å². The van der Waals surface area contributed by atoms with Crippen LogP contribution < -0.4 is 10.1 Å². The second kappa shape index (κ2) is 8.94. The zero-order chi connectivity index (χ0) is 23.7. The van der Waals surface area contributed by atoms with Crippen molar-refractivity contribution in [2.24, 2.45) is 0 Å². The summed E-state index contributed by atoms with van der Waals surface area (Å²) in [6, 6.07) is 20.5. The van der Waals surface area contributed by atoms with Crippen LogP contribution in [-0.4, -0.2) is 41.9 Å². The molecular formula is C27H24N2O5. The zero-order valence-electron chi connectivity index (χ0n) is 18.6. The number of carboxylic acids is 1. The molecule has 0 bridgehead atoms. The Kier molecular flexibility index (Phi) is 5.67. The van der Waals surface area contributed by atoms with E-state index in [2.05, 4.69) is 22.4 Å². The molecule has 1 aliphatic carbocycles. The summed E-state index contributed by atoms with van der Waals surface area (Å²) >= 11 is 0. The molecule has 5 rings (SSSR count). The molecule has 1 aliphatic rings. The van der Waals surface area contributed by atoms with Crippen molar-refractivity contribution >= 4 is 23.0 Å². The highest BCUT2D eigenvalue weighted by Crippen LogP contribution is 2.44. The highest BCUT2D eigenvalue weighted by Gasteiger charge is 2.30. The predicted octanol–water partition coefficient (Wildman–Crippen LogP) is 4.71. The van der Waals surface area contributed by atoms with Gasteiger partial charge in [0.25, 0.3) is 0 Å². The van der Waals surface area contributed by atoms with E-state index in [0.717, 1.165) is 38.7 Å². The SMILES string of the molecule is COc1ccc2c(C[C@H](NC(=O)OCC3c4ccccc4-c4ccccc43)C(=O)O)c[nH]c2c1. The monoisotopic (exact) mass is 456 g/mol. The number of carboxylic acid groups (broad SMARTS) is 1. The molecule has 0 radical (unpaired) electrons. The van der Waals surface area contributed by atoms with Gasteiger partial charge in [-0.2, -0.15) is 0 Å². The van der Waals surface area contributed by atoms with E-state index in [1.165, 1.54) is 0 Å². The number of aromatic nitrogens is 1. The molecule has 4 aromatic rings. The fourth-order valence-electron chi connectivity index (χ4n) is 4.66. The number of carbonyl (C=O) groups is 2. The van der Waals surface area contributed by atoms with E-state index in [0.29, 0.717) is 5.75 Å². The maximum absolute atomic E-state index is 12.6. The van der Waals surface area contributed by atoms with Crippen molar-refractivity contribution in [1.82, 2.24) is 10.3 Å². The molecule has 1 atom stereocenters. The van der Waals surface area contributed by atoms with Crippen molar-refractivity contribution in [1.29, 1.82) is 0 Å². The summed E-state index contributed by atoms with van der Waals surface area (Å²) in [7, 11) is 1.59. The van der Waals surface area contributed by atoms with Crippen LogP contribution in [0, 0.1) is 0 Å². The third-order valence-corrected chi connectivity index (χ3v) is 6.33. The molecule has 3 aromatic carbocycles. The van der Waals surface area contributed by atoms with Crippen LogP contribution in [0.1, 0.15) is 22.6 Å². The predicted molar refractivity (Wildman–Crippen MR) is 128 cm³/mol. The number of hydrogen-bond acceptors (Lipinski definition) is 4.